The molecule has 2 amide bonds. The lowest BCUT2D eigenvalue weighted by molar-refractivity contribution is -0.116. The fourth-order valence-electron chi connectivity index (χ4n) is 2.31. The number of nitrogens with zero attached hydrogens (tertiary/aromatic N) is 1. The van der Waals surface area contributed by atoms with E-state index in [0.29, 0.717) is 11.3 Å². The highest BCUT2D eigenvalue weighted by molar-refractivity contribution is 7.80. The molecule has 0 radical (unpaired) electrons. The van der Waals surface area contributed by atoms with Gasteiger partial charge in [-0.2, -0.15) is 0 Å². The standard InChI is InChI=1S/C21H25N3O3S/c1-5-14(2)27-19-11-9-16(10-12-19)20(26)23-21(28)22-17-7-6-8-18(13-17)24(4)15(3)25/h6-14H,5H2,1-4H3,(H2,22,23,26,28). The third-order valence-corrected chi connectivity index (χ3v) is 4.42. The van der Waals surface area contributed by atoms with E-state index in [1.807, 2.05) is 19.9 Å². The zero-order chi connectivity index (χ0) is 20.7. The third kappa shape index (κ3) is 6.06. The van der Waals surface area contributed by atoms with Crippen LogP contribution < -0.4 is 20.3 Å². The Morgan fingerprint density at radius 2 is 1.86 bits per heavy atom. The molecule has 2 aromatic rings. The number of rotatable bonds is 6. The minimum absolute atomic E-state index is 0.0752. The number of carbonyl (C=O) groups is 2. The van der Waals surface area contributed by atoms with E-state index in [0.717, 1.165) is 17.9 Å². The Bertz CT molecular complexity index is 852. The van der Waals surface area contributed by atoms with Crippen LogP contribution in [0, 0.1) is 0 Å². The molecule has 0 spiro atoms. The van der Waals surface area contributed by atoms with Gasteiger partial charge < -0.3 is 15.0 Å². The van der Waals surface area contributed by atoms with Crippen molar-refractivity contribution in [2.24, 2.45) is 0 Å². The Hall–Kier alpha value is -2.93. The summed E-state index contributed by atoms with van der Waals surface area (Å²) in [6, 6.07) is 14.1. The Labute approximate surface area is 170 Å². The van der Waals surface area contributed by atoms with Crippen LogP contribution in [-0.4, -0.2) is 30.1 Å². The van der Waals surface area contributed by atoms with Crippen molar-refractivity contribution >= 4 is 40.5 Å². The molecule has 2 rings (SSSR count). The van der Waals surface area contributed by atoms with Crippen LogP contribution in [0.1, 0.15) is 37.6 Å². The Morgan fingerprint density at radius 3 is 2.46 bits per heavy atom. The van der Waals surface area contributed by atoms with Crippen LogP contribution in [0.15, 0.2) is 48.5 Å². The summed E-state index contributed by atoms with van der Waals surface area (Å²) in [5.41, 5.74) is 1.88. The molecule has 148 valence electrons. The van der Waals surface area contributed by atoms with Gasteiger partial charge in [0.15, 0.2) is 5.11 Å². The van der Waals surface area contributed by atoms with Gasteiger partial charge in [-0.25, -0.2) is 0 Å². The zero-order valence-corrected chi connectivity index (χ0v) is 17.3. The topological polar surface area (TPSA) is 70.7 Å². The maximum absolute atomic E-state index is 12.4. The second kappa shape index (κ2) is 9.85. The van der Waals surface area contributed by atoms with E-state index in [4.69, 9.17) is 17.0 Å². The number of carbonyl (C=O) groups excluding carboxylic acids is 2. The normalized spacial score (nSPS) is 11.3. The molecule has 0 saturated carbocycles. The highest BCUT2D eigenvalue weighted by Crippen LogP contribution is 2.19. The molecule has 0 aliphatic heterocycles. The van der Waals surface area contributed by atoms with E-state index in [9.17, 15) is 9.59 Å². The monoisotopic (exact) mass is 399 g/mol. The summed E-state index contributed by atoms with van der Waals surface area (Å²) < 4.78 is 5.71. The van der Waals surface area contributed by atoms with Gasteiger partial charge in [0.2, 0.25) is 5.91 Å². The van der Waals surface area contributed by atoms with Crippen LogP contribution in [0.4, 0.5) is 11.4 Å². The van der Waals surface area contributed by atoms with Gasteiger partial charge in [-0.05, 0) is 68.0 Å². The number of thiocarbonyl (C=S) groups is 1. The largest absolute Gasteiger partial charge is 0.491 e. The molecule has 0 heterocycles. The average Bonchev–Trinajstić information content (AvgIpc) is 2.67. The summed E-state index contributed by atoms with van der Waals surface area (Å²) in [5.74, 6) is 0.330. The van der Waals surface area contributed by atoms with E-state index in [2.05, 4.69) is 10.6 Å². The molecule has 0 aliphatic rings. The summed E-state index contributed by atoms with van der Waals surface area (Å²) in [6.45, 7) is 5.53. The SMILES string of the molecule is CCC(C)Oc1ccc(C(=O)NC(=S)Nc2cccc(N(C)C(C)=O)c2)cc1. The van der Waals surface area contributed by atoms with Crippen molar-refractivity contribution < 1.29 is 14.3 Å². The molecule has 28 heavy (non-hydrogen) atoms. The van der Waals surface area contributed by atoms with Crippen LogP contribution in [0.25, 0.3) is 0 Å². The number of amides is 2. The number of ether oxygens (including phenoxy) is 1. The van der Waals surface area contributed by atoms with E-state index in [1.165, 1.54) is 11.8 Å². The first-order valence-corrected chi connectivity index (χ1v) is 9.44. The van der Waals surface area contributed by atoms with Gasteiger partial charge in [0.25, 0.3) is 5.91 Å². The molecule has 2 aromatic carbocycles. The third-order valence-electron chi connectivity index (χ3n) is 4.22. The molecule has 0 bridgehead atoms. The van der Waals surface area contributed by atoms with E-state index < -0.39 is 0 Å². The van der Waals surface area contributed by atoms with E-state index >= 15 is 0 Å². The fourth-order valence-corrected chi connectivity index (χ4v) is 2.52. The van der Waals surface area contributed by atoms with Gasteiger partial charge in [0, 0.05) is 30.9 Å². The molecule has 6 nitrogen and oxygen atoms in total. The predicted octanol–water partition coefficient (Wildman–Crippen LogP) is 3.97. The average molecular weight is 400 g/mol. The molecule has 7 heteroatoms. The first kappa shape index (κ1) is 21.4. The molecular formula is C21H25N3O3S. The summed E-state index contributed by atoms with van der Waals surface area (Å²) in [6.07, 6.45) is 1.03. The van der Waals surface area contributed by atoms with Crippen molar-refractivity contribution in [3.8, 4) is 5.75 Å². The Kier molecular flexibility index (Phi) is 7.52. The fraction of sp³-hybridized carbons (Fsp3) is 0.286. The second-order valence-electron chi connectivity index (χ2n) is 6.40. The Morgan fingerprint density at radius 1 is 1.18 bits per heavy atom. The lowest BCUT2D eigenvalue weighted by atomic mass is 10.2. The van der Waals surface area contributed by atoms with Crippen molar-refractivity contribution in [1.82, 2.24) is 5.32 Å². The number of anilines is 2. The molecule has 0 fully saturated rings. The Balaban J connectivity index is 1.96. The summed E-state index contributed by atoms with van der Waals surface area (Å²) in [7, 11) is 1.69. The molecule has 1 unspecified atom stereocenters. The van der Waals surface area contributed by atoms with Crippen molar-refractivity contribution in [3.05, 3.63) is 54.1 Å². The lowest BCUT2D eigenvalue weighted by Crippen LogP contribution is -2.34. The number of benzene rings is 2. The first-order valence-electron chi connectivity index (χ1n) is 9.03. The smallest absolute Gasteiger partial charge is 0.257 e. The first-order chi connectivity index (χ1) is 13.3. The summed E-state index contributed by atoms with van der Waals surface area (Å²) >= 11 is 5.22. The van der Waals surface area contributed by atoms with Crippen molar-refractivity contribution in [1.29, 1.82) is 0 Å². The minimum atomic E-state index is -0.315. The van der Waals surface area contributed by atoms with Crippen LogP contribution in [0.2, 0.25) is 0 Å². The van der Waals surface area contributed by atoms with Crippen molar-refractivity contribution in [3.63, 3.8) is 0 Å². The van der Waals surface area contributed by atoms with Crippen molar-refractivity contribution in [2.45, 2.75) is 33.3 Å². The quantitative estimate of drug-likeness (QED) is 0.719. The van der Waals surface area contributed by atoms with Gasteiger partial charge in [-0.1, -0.05) is 13.0 Å². The molecule has 0 aromatic heterocycles. The lowest BCUT2D eigenvalue weighted by Gasteiger charge is -2.17. The molecule has 1 atom stereocenters. The van der Waals surface area contributed by atoms with Crippen molar-refractivity contribution in [2.75, 3.05) is 17.3 Å². The second-order valence-corrected chi connectivity index (χ2v) is 6.81. The van der Waals surface area contributed by atoms with Crippen LogP contribution in [0.5, 0.6) is 5.75 Å². The molecular weight excluding hydrogens is 374 g/mol. The number of hydrogen-bond donors (Lipinski definition) is 2. The molecule has 2 N–H and O–H groups in total. The van der Waals surface area contributed by atoms with E-state index in [-0.39, 0.29) is 23.0 Å². The zero-order valence-electron chi connectivity index (χ0n) is 16.5. The predicted molar refractivity (Wildman–Crippen MR) is 116 cm³/mol. The van der Waals surface area contributed by atoms with Gasteiger partial charge in [-0.15, -0.1) is 0 Å². The maximum Gasteiger partial charge on any atom is 0.257 e. The molecule has 0 saturated heterocycles. The van der Waals surface area contributed by atoms with Crippen LogP contribution >= 0.6 is 12.2 Å². The summed E-state index contributed by atoms with van der Waals surface area (Å²) in [5, 5.41) is 5.78. The maximum atomic E-state index is 12.4. The highest BCUT2D eigenvalue weighted by atomic mass is 32.1. The molecule has 0 aliphatic carbocycles. The van der Waals surface area contributed by atoms with Gasteiger partial charge >= 0.3 is 0 Å². The number of hydrogen-bond acceptors (Lipinski definition) is 4. The number of nitrogens with one attached hydrogen (secondary N) is 2. The highest BCUT2D eigenvalue weighted by Gasteiger charge is 2.10. The van der Waals surface area contributed by atoms with Gasteiger partial charge in [0.1, 0.15) is 5.75 Å². The van der Waals surface area contributed by atoms with Crippen LogP contribution in [0.3, 0.4) is 0 Å². The van der Waals surface area contributed by atoms with Gasteiger partial charge in [-0.3, -0.25) is 14.9 Å². The van der Waals surface area contributed by atoms with Crippen LogP contribution in [-0.2, 0) is 4.79 Å². The van der Waals surface area contributed by atoms with Gasteiger partial charge in [0.05, 0.1) is 6.10 Å². The van der Waals surface area contributed by atoms with E-state index in [1.54, 1.807) is 49.5 Å². The summed E-state index contributed by atoms with van der Waals surface area (Å²) in [4.78, 5) is 25.4. The minimum Gasteiger partial charge on any atom is -0.491 e.